The van der Waals surface area contributed by atoms with Gasteiger partial charge in [-0.05, 0) is 25.3 Å². The molecule has 0 aromatic heterocycles. The maximum Gasteiger partial charge on any atom is 0.220 e. The van der Waals surface area contributed by atoms with E-state index >= 15 is 0 Å². The number of carbonyl (C=O) groups excluding carboxylic acids is 1. The third kappa shape index (κ3) is 17.4. The summed E-state index contributed by atoms with van der Waals surface area (Å²) < 4.78 is 0. The van der Waals surface area contributed by atoms with Gasteiger partial charge in [0.05, 0.1) is 0 Å². The average Bonchev–Trinajstić information content (AvgIpc) is 2.42. The second-order valence-corrected chi connectivity index (χ2v) is 6.89. The van der Waals surface area contributed by atoms with Gasteiger partial charge in [0.15, 0.2) is 0 Å². The molecule has 2 N–H and O–H groups in total. The lowest BCUT2D eigenvalue weighted by atomic mass is 10.1. The SMILES string of the molecule is CC(C)CNC(=O)CCCCCCCCCCNC(C)C. The first kappa shape index (κ1) is 20.4. The molecule has 21 heavy (non-hydrogen) atoms. The van der Waals surface area contributed by atoms with Gasteiger partial charge >= 0.3 is 0 Å². The van der Waals surface area contributed by atoms with Gasteiger partial charge in [0, 0.05) is 19.0 Å². The second-order valence-electron chi connectivity index (χ2n) is 6.89. The van der Waals surface area contributed by atoms with Gasteiger partial charge in [-0.1, -0.05) is 66.2 Å². The van der Waals surface area contributed by atoms with Crippen LogP contribution in [0.2, 0.25) is 0 Å². The summed E-state index contributed by atoms with van der Waals surface area (Å²) in [6.45, 7) is 10.6. The van der Waals surface area contributed by atoms with Crippen LogP contribution in [0.15, 0.2) is 0 Å². The van der Waals surface area contributed by atoms with E-state index in [0.29, 0.717) is 18.4 Å². The highest BCUT2D eigenvalue weighted by Gasteiger charge is 2.01. The lowest BCUT2D eigenvalue weighted by Crippen LogP contribution is -2.26. The molecule has 0 radical (unpaired) electrons. The Hall–Kier alpha value is -0.570. The van der Waals surface area contributed by atoms with E-state index in [0.717, 1.165) is 19.5 Å². The van der Waals surface area contributed by atoms with Gasteiger partial charge in [0.25, 0.3) is 0 Å². The molecule has 126 valence electrons. The van der Waals surface area contributed by atoms with Crippen LogP contribution in [-0.4, -0.2) is 25.0 Å². The van der Waals surface area contributed by atoms with E-state index in [1.165, 1.54) is 44.9 Å². The standard InChI is InChI=1S/C18H38N2O/c1-16(2)15-20-18(21)13-11-9-7-5-6-8-10-12-14-19-17(3)4/h16-17,19H,5-15H2,1-4H3,(H,20,21). The number of carbonyl (C=O) groups is 1. The van der Waals surface area contributed by atoms with Crippen molar-refractivity contribution in [3.8, 4) is 0 Å². The fraction of sp³-hybridized carbons (Fsp3) is 0.944. The zero-order valence-electron chi connectivity index (χ0n) is 14.8. The largest absolute Gasteiger partial charge is 0.356 e. The van der Waals surface area contributed by atoms with Crippen LogP contribution in [0.4, 0.5) is 0 Å². The smallest absolute Gasteiger partial charge is 0.220 e. The van der Waals surface area contributed by atoms with E-state index in [2.05, 4.69) is 38.3 Å². The van der Waals surface area contributed by atoms with Crippen molar-refractivity contribution in [3.63, 3.8) is 0 Å². The van der Waals surface area contributed by atoms with E-state index in [1.54, 1.807) is 0 Å². The third-order valence-electron chi connectivity index (χ3n) is 3.59. The van der Waals surface area contributed by atoms with Crippen molar-refractivity contribution in [2.75, 3.05) is 13.1 Å². The van der Waals surface area contributed by atoms with Gasteiger partial charge < -0.3 is 10.6 Å². The van der Waals surface area contributed by atoms with Gasteiger partial charge in [0.2, 0.25) is 5.91 Å². The number of hydrogen-bond donors (Lipinski definition) is 2. The summed E-state index contributed by atoms with van der Waals surface area (Å²) in [6.07, 6.45) is 10.9. The van der Waals surface area contributed by atoms with Crippen LogP contribution in [0.3, 0.4) is 0 Å². The molecular weight excluding hydrogens is 260 g/mol. The highest BCUT2D eigenvalue weighted by atomic mass is 16.1. The highest BCUT2D eigenvalue weighted by Crippen LogP contribution is 2.09. The predicted molar refractivity (Wildman–Crippen MR) is 92.5 cm³/mol. The van der Waals surface area contributed by atoms with E-state index in [9.17, 15) is 4.79 Å². The highest BCUT2D eigenvalue weighted by molar-refractivity contribution is 5.75. The van der Waals surface area contributed by atoms with Crippen molar-refractivity contribution in [2.45, 2.75) is 91.5 Å². The van der Waals surface area contributed by atoms with Crippen LogP contribution in [-0.2, 0) is 4.79 Å². The van der Waals surface area contributed by atoms with Gasteiger partial charge in [-0.2, -0.15) is 0 Å². The Labute approximate surface area is 132 Å². The van der Waals surface area contributed by atoms with Crippen LogP contribution in [0.5, 0.6) is 0 Å². The Morgan fingerprint density at radius 1 is 0.810 bits per heavy atom. The number of nitrogens with one attached hydrogen (secondary N) is 2. The summed E-state index contributed by atoms with van der Waals surface area (Å²) in [5.74, 6) is 0.769. The normalized spacial score (nSPS) is 11.3. The summed E-state index contributed by atoms with van der Waals surface area (Å²) in [4.78, 5) is 11.5. The van der Waals surface area contributed by atoms with Crippen molar-refractivity contribution in [1.82, 2.24) is 10.6 Å². The van der Waals surface area contributed by atoms with Crippen molar-refractivity contribution < 1.29 is 4.79 Å². The monoisotopic (exact) mass is 298 g/mol. The van der Waals surface area contributed by atoms with Crippen LogP contribution < -0.4 is 10.6 Å². The summed E-state index contributed by atoms with van der Waals surface area (Å²) in [5.41, 5.74) is 0. The molecule has 0 rings (SSSR count). The van der Waals surface area contributed by atoms with E-state index < -0.39 is 0 Å². The van der Waals surface area contributed by atoms with Crippen LogP contribution in [0.1, 0.15) is 85.5 Å². The Morgan fingerprint density at radius 3 is 1.86 bits per heavy atom. The molecule has 0 saturated carbocycles. The predicted octanol–water partition coefficient (Wildman–Crippen LogP) is 4.27. The minimum absolute atomic E-state index is 0.223. The fourth-order valence-corrected chi connectivity index (χ4v) is 2.27. The molecule has 1 amide bonds. The van der Waals surface area contributed by atoms with Gasteiger partial charge in [-0.25, -0.2) is 0 Å². The third-order valence-corrected chi connectivity index (χ3v) is 3.59. The second kappa shape index (κ2) is 14.4. The molecule has 0 atom stereocenters. The maximum atomic E-state index is 11.5. The van der Waals surface area contributed by atoms with E-state index in [1.807, 2.05) is 0 Å². The average molecular weight is 299 g/mol. The Bertz CT molecular complexity index is 239. The van der Waals surface area contributed by atoms with Crippen molar-refractivity contribution in [1.29, 1.82) is 0 Å². The quantitative estimate of drug-likeness (QED) is 0.470. The molecule has 0 saturated heterocycles. The molecular formula is C18H38N2O. The molecule has 0 spiro atoms. The minimum Gasteiger partial charge on any atom is -0.356 e. The molecule has 0 aliphatic carbocycles. The van der Waals surface area contributed by atoms with Crippen LogP contribution in [0, 0.1) is 5.92 Å². The molecule has 0 heterocycles. The summed E-state index contributed by atoms with van der Waals surface area (Å²) >= 11 is 0. The maximum absolute atomic E-state index is 11.5. The molecule has 0 unspecified atom stereocenters. The number of rotatable bonds is 14. The van der Waals surface area contributed by atoms with Crippen molar-refractivity contribution in [2.24, 2.45) is 5.92 Å². The lowest BCUT2D eigenvalue weighted by Gasteiger charge is -2.08. The number of amides is 1. The Morgan fingerprint density at radius 2 is 1.33 bits per heavy atom. The molecule has 3 nitrogen and oxygen atoms in total. The fourth-order valence-electron chi connectivity index (χ4n) is 2.27. The molecule has 0 aromatic rings. The zero-order valence-corrected chi connectivity index (χ0v) is 14.8. The van der Waals surface area contributed by atoms with Gasteiger partial charge in [-0.3, -0.25) is 4.79 Å². The molecule has 0 fully saturated rings. The molecule has 0 aromatic carbocycles. The molecule has 0 aliphatic heterocycles. The van der Waals surface area contributed by atoms with Gasteiger partial charge in [0.1, 0.15) is 0 Å². The number of hydrogen-bond acceptors (Lipinski definition) is 2. The minimum atomic E-state index is 0.223. The zero-order chi connectivity index (χ0) is 15.9. The summed E-state index contributed by atoms with van der Waals surface area (Å²) in [6, 6.07) is 0.614. The van der Waals surface area contributed by atoms with E-state index in [-0.39, 0.29) is 5.91 Å². The van der Waals surface area contributed by atoms with Crippen molar-refractivity contribution >= 4 is 5.91 Å². The molecule has 0 bridgehead atoms. The van der Waals surface area contributed by atoms with Crippen LogP contribution in [0.25, 0.3) is 0 Å². The Kier molecular flexibility index (Phi) is 14.0. The first-order valence-corrected chi connectivity index (χ1v) is 9.02. The van der Waals surface area contributed by atoms with E-state index in [4.69, 9.17) is 0 Å². The van der Waals surface area contributed by atoms with Crippen LogP contribution >= 0.6 is 0 Å². The molecule has 0 aliphatic rings. The molecule has 3 heteroatoms. The number of unbranched alkanes of at least 4 members (excludes halogenated alkanes) is 7. The Balaban J connectivity index is 3.13. The first-order chi connectivity index (χ1) is 10.0. The lowest BCUT2D eigenvalue weighted by molar-refractivity contribution is -0.121. The first-order valence-electron chi connectivity index (χ1n) is 9.02. The topological polar surface area (TPSA) is 41.1 Å². The summed E-state index contributed by atoms with van der Waals surface area (Å²) in [7, 11) is 0. The van der Waals surface area contributed by atoms with Gasteiger partial charge in [-0.15, -0.1) is 0 Å². The van der Waals surface area contributed by atoms with Crippen molar-refractivity contribution in [3.05, 3.63) is 0 Å². The summed E-state index contributed by atoms with van der Waals surface area (Å²) in [5, 5.41) is 6.43.